The minimum Gasteiger partial charge on any atom is -0.423 e. The molecule has 1 heterocycles. The number of hydrogen-bond donors (Lipinski definition) is 2. The molecule has 1 amide bonds. The number of carbonyl (C=O) groups excluding carboxylic acids is 1. The normalized spacial score (nSPS) is 12.3. The number of fused-ring (bicyclic) bond motifs is 1. The molecule has 1 unspecified atom stereocenters. The summed E-state index contributed by atoms with van der Waals surface area (Å²) in [7, 11) is 0. The molecule has 0 aliphatic carbocycles. The number of nitrogens with one attached hydrogen (secondary N) is 1. The summed E-state index contributed by atoms with van der Waals surface area (Å²) >= 11 is 0. The van der Waals surface area contributed by atoms with Crippen molar-refractivity contribution < 1.29 is 14.4 Å². The van der Waals surface area contributed by atoms with Crippen molar-refractivity contribution in [2.24, 2.45) is 5.92 Å². The molecule has 22 heavy (non-hydrogen) atoms. The van der Waals surface area contributed by atoms with E-state index in [4.69, 9.17) is 9.62 Å². The van der Waals surface area contributed by atoms with E-state index in [1.54, 1.807) is 17.6 Å². The lowest BCUT2D eigenvalue weighted by atomic mass is 9.94. The van der Waals surface area contributed by atoms with Crippen LogP contribution in [0, 0.1) is 12.8 Å². The lowest BCUT2D eigenvalue weighted by Crippen LogP contribution is -2.30. The molecule has 5 nitrogen and oxygen atoms in total. The van der Waals surface area contributed by atoms with Gasteiger partial charge in [-0.25, -0.2) is 10.3 Å². The van der Waals surface area contributed by atoms with Crippen LogP contribution in [-0.4, -0.2) is 11.1 Å². The van der Waals surface area contributed by atoms with Gasteiger partial charge in [0.2, 0.25) is 5.91 Å². The van der Waals surface area contributed by atoms with Gasteiger partial charge in [-0.15, -0.1) is 0 Å². The van der Waals surface area contributed by atoms with Crippen molar-refractivity contribution in [2.75, 3.05) is 0 Å². The van der Waals surface area contributed by atoms with E-state index in [1.165, 1.54) is 0 Å². The van der Waals surface area contributed by atoms with Crippen LogP contribution in [0.25, 0.3) is 11.0 Å². The van der Waals surface area contributed by atoms with Crippen molar-refractivity contribution in [3.63, 3.8) is 0 Å². The second-order valence-electron chi connectivity index (χ2n) is 5.62. The molecule has 0 fully saturated rings. The summed E-state index contributed by atoms with van der Waals surface area (Å²) in [6, 6.07) is 7.37. The number of hydrogen-bond acceptors (Lipinski definition) is 4. The zero-order chi connectivity index (χ0) is 16.1. The van der Waals surface area contributed by atoms with Gasteiger partial charge in [-0.1, -0.05) is 31.4 Å². The van der Waals surface area contributed by atoms with Crippen molar-refractivity contribution in [3.8, 4) is 0 Å². The molecule has 2 N–H and O–H groups in total. The van der Waals surface area contributed by atoms with E-state index in [9.17, 15) is 9.59 Å². The standard InChI is InChI=1S/C17H21NO4/c1-3-4-5-12(16(19)18-21)9-14-10-13-8-11(2)6-7-15(13)22-17(14)20/h6-8,10,12,21H,3-5,9H2,1-2H3,(H,18,19). The predicted molar refractivity (Wildman–Crippen MR) is 83.9 cm³/mol. The van der Waals surface area contributed by atoms with Crippen molar-refractivity contribution in [2.45, 2.75) is 39.5 Å². The lowest BCUT2D eigenvalue weighted by molar-refractivity contribution is -0.133. The number of carbonyl (C=O) groups is 1. The maximum absolute atomic E-state index is 12.1. The van der Waals surface area contributed by atoms with Gasteiger partial charge in [0.1, 0.15) is 5.58 Å². The first-order valence-electron chi connectivity index (χ1n) is 7.52. The second kappa shape index (κ2) is 7.22. The molecule has 5 heteroatoms. The highest BCUT2D eigenvalue weighted by molar-refractivity contribution is 5.79. The molecule has 0 bridgehead atoms. The van der Waals surface area contributed by atoms with Crippen molar-refractivity contribution >= 4 is 16.9 Å². The van der Waals surface area contributed by atoms with Crippen LogP contribution in [0.5, 0.6) is 0 Å². The number of aryl methyl sites for hydroxylation is 1. The Hall–Kier alpha value is -2.14. The Morgan fingerprint density at radius 3 is 2.82 bits per heavy atom. The molecule has 1 atom stereocenters. The van der Waals surface area contributed by atoms with E-state index >= 15 is 0 Å². The second-order valence-corrected chi connectivity index (χ2v) is 5.62. The van der Waals surface area contributed by atoms with E-state index in [0.29, 0.717) is 17.6 Å². The Morgan fingerprint density at radius 2 is 2.14 bits per heavy atom. The van der Waals surface area contributed by atoms with Crippen LogP contribution < -0.4 is 11.1 Å². The zero-order valence-electron chi connectivity index (χ0n) is 12.9. The van der Waals surface area contributed by atoms with Crippen LogP contribution >= 0.6 is 0 Å². The van der Waals surface area contributed by atoms with Crippen LogP contribution in [0.1, 0.15) is 37.3 Å². The van der Waals surface area contributed by atoms with E-state index in [-0.39, 0.29) is 6.42 Å². The number of benzene rings is 1. The highest BCUT2D eigenvalue weighted by Crippen LogP contribution is 2.19. The maximum atomic E-state index is 12.1. The fourth-order valence-electron chi connectivity index (χ4n) is 2.56. The third kappa shape index (κ3) is 3.74. The first kappa shape index (κ1) is 16.2. The first-order chi connectivity index (χ1) is 10.5. The van der Waals surface area contributed by atoms with Gasteiger partial charge in [-0.3, -0.25) is 10.0 Å². The van der Waals surface area contributed by atoms with Gasteiger partial charge in [-0.05, 0) is 38.0 Å². The molecular weight excluding hydrogens is 282 g/mol. The van der Waals surface area contributed by atoms with Crippen LogP contribution in [0.15, 0.2) is 33.5 Å². The van der Waals surface area contributed by atoms with E-state index in [0.717, 1.165) is 23.8 Å². The number of amides is 1. The summed E-state index contributed by atoms with van der Waals surface area (Å²) in [5.41, 5.74) is 3.33. The van der Waals surface area contributed by atoms with Gasteiger partial charge in [-0.2, -0.15) is 0 Å². The smallest absolute Gasteiger partial charge is 0.339 e. The van der Waals surface area contributed by atoms with Gasteiger partial charge in [0.25, 0.3) is 0 Å². The van der Waals surface area contributed by atoms with Crippen molar-refractivity contribution in [1.82, 2.24) is 5.48 Å². The van der Waals surface area contributed by atoms with E-state index in [2.05, 4.69) is 0 Å². The van der Waals surface area contributed by atoms with Crippen LogP contribution in [0.4, 0.5) is 0 Å². The molecular formula is C17H21NO4. The topological polar surface area (TPSA) is 79.5 Å². The molecule has 1 aromatic carbocycles. The average Bonchev–Trinajstić information content (AvgIpc) is 2.51. The first-order valence-corrected chi connectivity index (χ1v) is 7.52. The zero-order valence-corrected chi connectivity index (χ0v) is 12.9. The molecule has 118 valence electrons. The van der Waals surface area contributed by atoms with Crippen molar-refractivity contribution in [3.05, 3.63) is 45.8 Å². The molecule has 0 radical (unpaired) electrons. The lowest BCUT2D eigenvalue weighted by Gasteiger charge is -2.14. The summed E-state index contributed by atoms with van der Waals surface area (Å²) in [6.07, 6.45) is 2.68. The number of rotatable bonds is 6. The Labute approximate surface area is 128 Å². The summed E-state index contributed by atoms with van der Waals surface area (Å²) in [5, 5.41) is 9.70. The minimum absolute atomic E-state index is 0.263. The summed E-state index contributed by atoms with van der Waals surface area (Å²) in [4.78, 5) is 23.8. The third-order valence-corrected chi connectivity index (χ3v) is 3.81. The van der Waals surface area contributed by atoms with E-state index < -0.39 is 17.5 Å². The Bertz CT molecular complexity index is 720. The molecule has 0 aliphatic rings. The summed E-state index contributed by atoms with van der Waals surface area (Å²) < 4.78 is 5.32. The third-order valence-electron chi connectivity index (χ3n) is 3.81. The van der Waals surface area contributed by atoms with Gasteiger partial charge in [0, 0.05) is 16.9 Å². The highest BCUT2D eigenvalue weighted by atomic mass is 16.5. The average molecular weight is 303 g/mol. The number of unbranched alkanes of at least 4 members (excludes halogenated alkanes) is 1. The molecule has 0 spiro atoms. The predicted octanol–water partition coefficient (Wildman–Crippen LogP) is 2.96. The SMILES string of the molecule is CCCCC(Cc1cc2cc(C)ccc2oc1=O)C(=O)NO. The van der Waals surface area contributed by atoms with E-state index in [1.807, 2.05) is 26.0 Å². The Kier molecular flexibility index (Phi) is 5.33. The Morgan fingerprint density at radius 1 is 1.36 bits per heavy atom. The van der Waals surface area contributed by atoms with Gasteiger partial charge >= 0.3 is 5.63 Å². The monoisotopic (exact) mass is 303 g/mol. The molecule has 2 aromatic rings. The molecule has 0 saturated heterocycles. The molecule has 1 aromatic heterocycles. The van der Waals surface area contributed by atoms with Gasteiger partial charge in [0.15, 0.2) is 0 Å². The minimum atomic E-state index is -0.461. The van der Waals surface area contributed by atoms with Gasteiger partial charge < -0.3 is 4.42 Å². The number of hydroxylamine groups is 1. The van der Waals surface area contributed by atoms with Crippen molar-refractivity contribution in [1.29, 1.82) is 0 Å². The highest BCUT2D eigenvalue weighted by Gasteiger charge is 2.20. The van der Waals surface area contributed by atoms with Crippen LogP contribution in [-0.2, 0) is 11.2 Å². The molecule has 0 aliphatic heterocycles. The summed E-state index contributed by atoms with van der Waals surface area (Å²) in [5.74, 6) is -0.896. The largest absolute Gasteiger partial charge is 0.423 e. The fraction of sp³-hybridized carbons (Fsp3) is 0.412. The fourth-order valence-corrected chi connectivity index (χ4v) is 2.56. The van der Waals surface area contributed by atoms with Gasteiger partial charge in [0.05, 0.1) is 0 Å². The Balaban J connectivity index is 2.33. The van der Waals surface area contributed by atoms with Crippen LogP contribution in [0.3, 0.4) is 0 Å². The quantitative estimate of drug-likeness (QED) is 0.488. The maximum Gasteiger partial charge on any atom is 0.339 e. The van der Waals surface area contributed by atoms with Crippen LogP contribution in [0.2, 0.25) is 0 Å². The summed E-state index contributed by atoms with van der Waals surface area (Å²) in [6.45, 7) is 3.99. The molecule has 2 rings (SSSR count). The molecule has 0 saturated carbocycles.